The summed E-state index contributed by atoms with van der Waals surface area (Å²) >= 11 is 0. The smallest absolute Gasteiger partial charge is 0.0478 e. The Morgan fingerprint density at radius 3 is 2.29 bits per heavy atom. The molecule has 0 aliphatic rings. The van der Waals surface area contributed by atoms with E-state index in [1.54, 1.807) is 0 Å². The lowest BCUT2D eigenvalue weighted by atomic mass is 9.96. The zero-order chi connectivity index (χ0) is 13.0. The van der Waals surface area contributed by atoms with E-state index in [0.717, 1.165) is 6.54 Å². The molecule has 0 aromatic heterocycles. The number of hydrogen-bond donors (Lipinski definition) is 1. The Balaban J connectivity index is 2.75. The summed E-state index contributed by atoms with van der Waals surface area (Å²) in [6.07, 6.45) is 0. The molecule has 1 unspecified atom stereocenters. The Labute approximate surface area is 105 Å². The van der Waals surface area contributed by atoms with Crippen LogP contribution in [0.5, 0.6) is 0 Å². The summed E-state index contributed by atoms with van der Waals surface area (Å²) in [7, 11) is 2.09. The van der Waals surface area contributed by atoms with Crippen LogP contribution in [0.4, 0.5) is 5.69 Å². The van der Waals surface area contributed by atoms with Gasteiger partial charge in [-0.05, 0) is 43.0 Å². The second kappa shape index (κ2) is 6.06. The van der Waals surface area contributed by atoms with Gasteiger partial charge in [0.25, 0.3) is 0 Å². The summed E-state index contributed by atoms with van der Waals surface area (Å²) in [6, 6.07) is 6.52. The summed E-state index contributed by atoms with van der Waals surface area (Å²) in [5.41, 5.74) is 3.87. The second-order valence-electron chi connectivity index (χ2n) is 5.34. The molecule has 0 bridgehead atoms. The topological polar surface area (TPSA) is 23.5 Å². The molecular formula is C15H25NO. The third kappa shape index (κ3) is 3.74. The number of aliphatic hydroxyl groups is 1. The average molecular weight is 235 g/mol. The van der Waals surface area contributed by atoms with Gasteiger partial charge >= 0.3 is 0 Å². The second-order valence-corrected chi connectivity index (χ2v) is 5.34. The van der Waals surface area contributed by atoms with Gasteiger partial charge in [0.2, 0.25) is 0 Å². The van der Waals surface area contributed by atoms with Gasteiger partial charge < -0.3 is 10.0 Å². The summed E-state index contributed by atoms with van der Waals surface area (Å²) < 4.78 is 0. The van der Waals surface area contributed by atoms with Gasteiger partial charge in [-0.25, -0.2) is 0 Å². The van der Waals surface area contributed by atoms with Gasteiger partial charge in [-0.2, -0.15) is 0 Å². The first-order valence-corrected chi connectivity index (χ1v) is 6.35. The van der Waals surface area contributed by atoms with Crippen molar-refractivity contribution in [3.63, 3.8) is 0 Å². The van der Waals surface area contributed by atoms with Crippen molar-refractivity contribution in [1.82, 2.24) is 0 Å². The molecule has 0 fully saturated rings. The van der Waals surface area contributed by atoms with Crippen molar-refractivity contribution in [2.45, 2.75) is 27.7 Å². The highest BCUT2D eigenvalue weighted by molar-refractivity contribution is 5.50. The molecule has 1 atom stereocenters. The maximum Gasteiger partial charge on any atom is 0.0478 e. The van der Waals surface area contributed by atoms with E-state index in [4.69, 9.17) is 0 Å². The number of anilines is 1. The summed E-state index contributed by atoms with van der Waals surface area (Å²) in [4.78, 5) is 2.23. The molecule has 2 heteroatoms. The SMILES string of the molecule is Cc1ccc(N(C)CC(CO)C(C)C)cc1C. The lowest BCUT2D eigenvalue weighted by molar-refractivity contribution is 0.193. The van der Waals surface area contributed by atoms with Crippen LogP contribution in [-0.2, 0) is 0 Å². The standard InChI is InChI=1S/C15H25NO/c1-11(2)14(10-17)9-16(5)15-7-6-12(3)13(4)8-15/h6-8,11,14,17H,9-10H2,1-5H3. The van der Waals surface area contributed by atoms with E-state index in [1.165, 1.54) is 16.8 Å². The summed E-state index contributed by atoms with van der Waals surface area (Å²) in [5.74, 6) is 0.843. The lowest BCUT2D eigenvalue weighted by Crippen LogP contribution is -2.30. The molecule has 17 heavy (non-hydrogen) atoms. The minimum absolute atomic E-state index is 0.257. The normalized spacial score (nSPS) is 12.9. The van der Waals surface area contributed by atoms with Crippen molar-refractivity contribution in [3.05, 3.63) is 29.3 Å². The fourth-order valence-electron chi connectivity index (χ4n) is 1.90. The van der Waals surface area contributed by atoms with Crippen molar-refractivity contribution >= 4 is 5.69 Å². The number of rotatable bonds is 5. The Bertz CT molecular complexity index is 360. The largest absolute Gasteiger partial charge is 0.396 e. The fourth-order valence-corrected chi connectivity index (χ4v) is 1.90. The molecule has 0 radical (unpaired) electrons. The Morgan fingerprint density at radius 1 is 1.18 bits per heavy atom. The maximum absolute atomic E-state index is 9.36. The van der Waals surface area contributed by atoms with Gasteiger partial charge in [0.15, 0.2) is 0 Å². The summed E-state index contributed by atoms with van der Waals surface area (Å²) in [5, 5.41) is 9.36. The van der Waals surface area contributed by atoms with E-state index < -0.39 is 0 Å². The Morgan fingerprint density at radius 2 is 1.82 bits per heavy atom. The molecule has 0 amide bonds. The van der Waals surface area contributed by atoms with E-state index in [9.17, 15) is 5.11 Å². The van der Waals surface area contributed by atoms with Gasteiger partial charge in [0.1, 0.15) is 0 Å². The Hall–Kier alpha value is -1.02. The third-order valence-corrected chi connectivity index (χ3v) is 3.62. The first-order valence-electron chi connectivity index (χ1n) is 6.35. The van der Waals surface area contributed by atoms with Gasteiger partial charge in [0.05, 0.1) is 0 Å². The van der Waals surface area contributed by atoms with Gasteiger partial charge in [-0.1, -0.05) is 19.9 Å². The first-order chi connectivity index (χ1) is 7.95. The molecule has 0 saturated carbocycles. The van der Waals surface area contributed by atoms with Crippen molar-refractivity contribution in [2.24, 2.45) is 11.8 Å². The molecule has 0 aliphatic heterocycles. The quantitative estimate of drug-likeness (QED) is 0.848. The number of benzene rings is 1. The lowest BCUT2D eigenvalue weighted by Gasteiger charge is -2.27. The van der Waals surface area contributed by atoms with E-state index in [-0.39, 0.29) is 6.61 Å². The minimum atomic E-state index is 0.257. The first kappa shape index (κ1) is 14.0. The highest BCUT2D eigenvalue weighted by Crippen LogP contribution is 2.20. The zero-order valence-electron chi connectivity index (χ0n) is 11.7. The monoisotopic (exact) mass is 235 g/mol. The van der Waals surface area contributed by atoms with Gasteiger partial charge in [0, 0.05) is 31.8 Å². The van der Waals surface area contributed by atoms with Crippen LogP contribution in [0.15, 0.2) is 18.2 Å². The molecule has 1 N–H and O–H groups in total. The van der Waals surface area contributed by atoms with Crippen LogP contribution in [0.1, 0.15) is 25.0 Å². The van der Waals surface area contributed by atoms with Crippen LogP contribution < -0.4 is 4.90 Å². The number of nitrogens with zero attached hydrogens (tertiary/aromatic N) is 1. The Kier molecular flexibility index (Phi) is 5.01. The number of aliphatic hydroxyl groups excluding tert-OH is 1. The van der Waals surface area contributed by atoms with Crippen LogP contribution in [0, 0.1) is 25.7 Å². The zero-order valence-corrected chi connectivity index (χ0v) is 11.7. The molecular weight excluding hydrogens is 210 g/mol. The van der Waals surface area contributed by atoms with Crippen LogP contribution >= 0.6 is 0 Å². The average Bonchev–Trinajstić information content (AvgIpc) is 2.28. The third-order valence-electron chi connectivity index (χ3n) is 3.62. The van der Waals surface area contributed by atoms with Gasteiger partial charge in [-0.15, -0.1) is 0 Å². The van der Waals surface area contributed by atoms with E-state index in [2.05, 4.69) is 57.8 Å². The van der Waals surface area contributed by atoms with E-state index in [1.807, 2.05) is 0 Å². The van der Waals surface area contributed by atoms with Crippen LogP contribution in [0.3, 0.4) is 0 Å². The van der Waals surface area contributed by atoms with Crippen LogP contribution in [0.25, 0.3) is 0 Å². The summed E-state index contributed by atoms with van der Waals surface area (Å²) in [6.45, 7) is 9.75. The number of aryl methyl sites for hydroxylation is 2. The number of hydrogen-bond acceptors (Lipinski definition) is 2. The molecule has 1 aromatic carbocycles. The van der Waals surface area contributed by atoms with Crippen molar-refractivity contribution in [1.29, 1.82) is 0 Å². The van der Waals surface area contributed by atoms with Crippen molar-refractivity contribution < 1.29 is 5.11 Å². The predicted octanol–water partition coefficient (Wildman–Crippen LogP) is 3.00. The van der Waals surface area contributed by atoms with E-state index >= 15 is 0 Å². The van der Waals surface area contributed by atoms with Gasteiger partial charge in [-0.3, -0.25) is 0 Å². The van der Waals surface area contributed by atoms with E-state index in [0.29, 0.717) is 11.8 Å². The molecule has 0 heterocycles. The molecule has 0 aliphatic carbocycles. The van der Waals surface area contributed by atoms with Crippen LogP contribution in [-0.4, -0.2) is 25.3 Å². The molecule has 0 spiro atoms. The van der Waals surface area contributed by atoms with Crippen molar-refractivity contribution in [2.75, 3.05) is 25.1 Å². The van der Waals surface area contributed by atoms with Crippen LogP contribution in [0.2, 0.25) is 0 Å². The molecule has 1 aromatic rings. The predicted molar refractivity (Wildman–Crippen MR) is 74.6 cm³/mol. The highest BCUT2D eigenvalue weighted by atomic mass is 16.3. The molecule has 96 valence electrons. The fraction of sp³-hybridized carbons (Fsp3) is 0.600. The molecule has 1 rings (SSSR count). The van der Waals surface area contributed by atoms with Crippen molar-refractivity contribution in [3.8, 4) is 0 Å². The minimum Gasteiger partial charge on any atom is -0.396 e. The highest BCUT2D eigenvalue weighted by Gasteiger charge is 2.15. The molecule has 2 nitrogen and oxygen atoms in total. The molecule has 0 saturated heterocycles. The maximum atomic E-state index is 9.36.